The van der Waals surface area contributed by atoms with Crippen molar-refractivity contribution in [1.82, 2.24) is 14.4 Å². The highest BCUT2D eigenvalue weighted by atomic mass is 16.5. The second-order valence-electron chi connectivity index (χ2n) is 13.9. The van der Waals surface area contributed by atoms with E-state index in [1.807, 2.05) is 39.0 Å². The Hall–Kier alpha value is -3.79. The van der Waals surface area contributed by atoms with Gasteiger partial charge in [0.25, 0.3) is 0 Å². The summed E-state index contributed by atoms with van der Waals surface area (Å²) in [7, 11) is 4.20. The number of ketones is 1. The summed E-state index contributed by atoms with van der Waals surface area (Å²) in [5.41, 5.74) is 8.00. The number of nitrogens with one attached hydrogen (secondary N) is 2. The average Bonchev–Trinajstić information content (AvgIpc) is 2.98. The van der Waals surface area contributed by atoms with E-state index in [4.69, 9.17) is 21.3 Å². The first-order valence-corrected chi connectivity index (χ1v) is 16.2. The van der Waals surface area contributed by atoms with Crippen molar-refractivity contribution in [3.8, 4) is 5.75 Å². The molecular weight excluding hydrogens is 566 g/mol. The van der Waals surface area contributed by atoms with Gasteiger partial charge in [-0.25, -0.2) is 4.99 Å². The maximum Gasteiger partial charge on any atom is 0.247 e. The van der Waals surface area contributed by atoms with E-state index in [9.17, 15) is 9.59 Å². The lowest BCUT2D eigenvalue weighted by Gasteiger charge is -2.35. The molecule has 10 heteroatoms. The van der Waals surface area contributed by atoms with Crippen LogP contribution in [0.25, 0.3) is 0 Å². The molecular formula is C35H51N7O3. The molecule has 2 aromatic rings. The molecule has 1 fully saturated rings. The van der Waals surface area contributed by atoms with Crippen LogP contribution in [-0.2, 0) is 9.59 Å². The van der Waals surface area contributed by atoms with Gasteiger partial charge in [0.15, 0.2) is 0 Å². The lowest BCUT2D eigenvalue weighted by atomic mass is 9.79. The predicted octanol–water partition coefficient (Wildman–Crippen LogP) is 5.08. The van der Waals surface area contributed by atoms with Crippen LogP contribution in [0.1, 0.15) is 95.3 Å². The number of pyridine rings is 1. The van der Waals surface area contributed by atoms with Crippen molar-refractivity contribution in [2.45, 2.75) is 84.2 Å². The zero-order valence-electron chi connectivity index (χ0n) is 27.6. The van der Waals surface area contributed by atoms with Gasteiger partial charge in [-0.15, -0.1) is 0 Å². The van der Waals surface area contributed by atoms with E-state index in [1.165, 1.54) is 5.56 Å². The summed E-state index contributed by atoms with van der Waals surface area (Å²) in [6.45, 7) is 8.18. The predicted molar refractivity (Wildman–Crippen MR) is 178 cm³/mol. The fraction of sp³-hybridized carbons (Fsp3) is 0.571. The molecule has 0 saturated carbocycles. The van der Waals surface area contributed by atoms with E-state index in [0.717, 1.165) is 57.3 Å². The average molecular weight is 618 g/mol. The highest BCUT2D eigenvalue weighted by Gasteiger charge is 2.29. The van der Waals surface area contributed by atoms with Crippen LogP contribution in [0.4, 0.5) is 0 Å². The van der Waals surface area contributed by atoms with Gasteiger partial charge in [-0.05, 0) is 87.7 Å². The maximum absolute atomic E-state index is 12.4. The number of amides is 1. The molecule has 10 nitrogen and oxygen atoms in total. The topological polar surface area (TPSA) is 141 Å². The molecule has 2 heterocycles. The van der Waals surface area contributed by atoms with Crippen molar-refractivity contribution in [1.29, 1.82) is 10.8 Å². The van der Waals surface area contributed by atoms with Crippen LogP contribution in [-0.4, -0.2) is 71.6 Å². The molecule has 2 atom stereocenters. The number of nitrogens with zero attached hydrogens (tertiary/aromatic N) is 4. The normalized spacial score (nSPS) is 19.3. The van der Waals surface area contributed by atoms with Gasteiger partial charge in [0, 0.05) is 31.5 Å². The Bertz CT molecular complexity index is 1450. The quantitative estimate of drug-likeness (QED) is 0.251. The third-order valence-electron chi connectivity index (χ3n) is 8.92. The van der Waals surface area contributed by atoms with Gasteiger partial charge in [0.1, 0.15) is 29.0 Å². The fourth-order valence-electron chi connectivity index (χ4n) is 6.33. The first-order valence-electron chi connectivity index (χ1n) is 16.2. The lowest BCUT2D eigenvalue weighted by Crippen LogP contribution is -2.45. The van der Waals surface area contributed by atoms with Crippen LogP contribution >= 0.6 is 0 Å². The molecule has 2 unspecified atom stereocenters. The van der Waals surface area contributed by atoms with Crippen LogP contribution in [0.2, 0.25) is 0 Å². The summed E-state index contributed by atoms with van der Waals surface area (Å²) in [5.74, 6) is 1.67. The van der Waals surface area contributed by atoms with Gasteiger partial charge in [0.2, 0.25) is 11.9 Å². The molecule has 0 spiro atoms. The number of hydrogen-bond acceptors (Lipinski definition) is 6. The van der Waals surface area contributed by atoms with Crippen LogP contribution in [0, 0.1) is 22.2 Å². The molecule has 244 valence electrons. The van der Waals surface area contributed by atoms with E-state index in [2.05, 4.69) is 41.0 Å². The Labute approximate surface area is 267 Å². The van der Waals surface area contributed by atoms with E-state index < -0.39 is 5.41 Å². The summed E-state index contributed by atoms with van der Waals surface area (Å²) >= 11 is 0. The highest BCUT2D eigenvalue weighted by Crippen LogP contribution is 2.42. The largest absolute Gasteiger partial charge is 0.484 e. The number of hydrogen-bond donors (Lipinski definition) is 3. The molecule has 0 radical (unpaired) electrons. The summed E-state index contributed by atoms with van der Waals surface area (Å²) in [6.07, 6.45) is 7.30. The van der Waals surface area contributed by atoms with Crippen molar-refractivity contribution in [2.75, 3.05) is 33.7 Å². The summed E-state index contributed by atoms with van der Waals surface area (Å²) in [6, 6.07) is 11.8. The Morgan fingerprint density at radius 3 is 2.40 bits per heavy atom. The number of carbonyl (C=O) groups excluding carboxylic acids is 2. The first kappa shape index (κ1) is 34.1. The summed E-state index contributed by atoms with van der Waals surface area (Å²) in [5, 5.41) is 17.3. The van der Waals surface area contributed by atoms with Gasteiger partial charge in [-0.1, -0.05) is 45.0 Å². The zero-order chi connectivity index (χ0) is 32.7. The smallest absolute Gasteiger partial charge is 0.247 e. The Kier molecular flexibility index (Phi) is 11.4. The number of fused-ring (bicyclic) bond motifs is 1. The minimum absolute atomic E-state index is 0.00594. The maximum atomic E-state index is 12.4. The minimum atomic E-state index is -0.516. The van der Waals surface area contributed by atoms with Crippen molar-refractivity contribution in [3.05, 3.63) is 59.2 Å². The molecule has 1 saturated heterocycles. The van der Waals surface area contributed by atoms with Gasteiger partial charge in [0.05, 0.1) is 12.6 Å². The molecule has 0 bridgehead atoms. The van der Waals surface area contributed by atoms with Gasteiger partial charge < -0.3 is 20.3 Å². The Morgan fingerprint density at radius 2 is 1.73 bits per heavy atom. The number of likely N-dealkylation sites (tertiary alicyclic amines) is 1. The van der Waals surface area contributed by atoms with Crippen LogP contribution < -0.4 is 16.0 Å². The van der Waals surface area contributed by atoms with Gasteiger partial charge in [-0.2, -0.15) is 0 Å². The first-order chi connectivity index (χ1) is 21.3. The summed E-state index contributed by atoms with van der Waals surface area (Å²) in [4.78, 5) is 32.9. The Balaban J connectivity index is 1.35. The van der Waals surface area contributed by atoms with E-state index in [0.29, 0.717) is 36.4 Å². The van der Waals surface area contributed by atoms with Crippen molar-refractivity contribution in [2.24, 2.45) is 22.1 Å². The van der Waals surface area contributed by atoms with Crippen LogP contribution in [0.3, 0.4) is 0 Å². The van der Waals surface area contributed by atoms with E-state index in [-0.39, 0.29) is 35.5 Å². The van der Waals surface area contributed by atoms with Gasteiger partial charge >= 0.3 is 0 Å². The number of benzene rings is 1. The third kappa shape index (κ3) is 9.36. The standard InChI is InChI=1S/C35H51N7O3/c1-35(2,3)30(43)21-31(36)39-33(44)12-8-9-25-13-15-29(28-11-7-6-10-27(25)28)45-26-14-16-32(37)42(23-26)34(38)41-19-17-24(18-20-41)22-40(4)5/h6-7,10-11,14,16,23-25,29,37-38H,8-9,12-13,15,17-22H2,1-5H3,(H2,36,39,44). The van der Waals surface area contributed by atoms with Gasteiger partial charge in [-0.3, -0.25) is 25.0 Å². The lowest BCUT2D eigenvalue weighted by molar-refractivity contribution is -0.125. The van der Waals surface area contributed by atoms with E-state index >= 15 is 0 Å². The number of ether oxygens (including phenoxy) is 1. The van der Waals surface area contributed by atoms with Crippen molar-refractivity contribution in [3.63, 3.8) is 0 Å². The summed E-state index contributed by atoms with van der Waals surface area (Å²) < 4.78 is 8.14. The number of nitrogens with two attached hydrogens (primary N) is 1. The third-order valence-corrected chi connectivity index (χ3v) is 8.92. The molecule has 2 aliphatic rings. The SMILES string of the molecule is CN(C)CC1CCN(C(=N)n2cc(OC3CCC(CCCC(=O)N=C(N)CC(=O)C(C)(C)C)c4ccccc43)ccc2=N)CC1. The number of rotatable bonds is 10. The molecule has 1 aromatic heterocycles. The van der Waals surface area contributed by atoms with Crippen LogP contribution in [0.15, 0.2) is 47.6 Å². The number of piperidine rings is 1. The second-order valence-corrected chi connectivity index (χ2v) is 13.9. The molecule has 45 heavy (non-hydrogen) atoms. The number of carbonyl (C=O) groups is 2. The minimum Gasteiger partial charge on any atom is -0.484 e. The monoisotopic (exact) mass is 617 g/mol. The second kappa shape index (κ2) is 15.0. The number of Topliss-reactive ketones (excluding diaryl/α,β-unsaturated/α-hetero) is 1. The molecule has 4 rings (SSSR count). The van der Waals surface area contributed by atoms with E-state index in [1.54, 1.807) is 16.8 Å². The molecule has 1 amide bonds. The van der Waals surface area contributed by atoms with Crippen molar-refractivity contribution < 1.29 is 14.3 Å². The highest BCUT2D eigenvalue weighted by molar-refractivity contribution is 6.05. The van der Waals surface area contributed by atoms with Crippen LogP contribution in [0.5, 0.6) is 5.75 Å². The number of aliphatic imine (C=N–C) groups is 1. The number of aromatic nitrogens is 1. The van der Waals surface area contributed by atoms with Crippen molar-refractivity contribution >= 4 is 23.5 Å². The molecule has 1 aliphatic heterocycles. The molecule has 1 aliphatic carbocycles. The number of amidine groups is 1. The molecule has 1 aromatic carbocycles. The fourth-order valence-corrected chi connectivity index (χ4v) is 6.33. The molecule has 4 N–H and O–H groups in total. The Morgan fingerprint density at radius 1 is 1.04 bits per heavy atom. The zero-order valence-corrected chi connectivity index (χ0v) is 27.6.